The lowest BCUT2D eigenvalue weighted by Crippen LogP contribution is -2.62. The fourth-order valence-electron chi connectivity index (χ4n) is 3.53. The van der Waals surface area contributed by atoms with Crippen LogP contribution in [-0.4, -0.2) is 45.0 Å². The number of pyridine rings is 1. The van der Waals surface area contributed by atoms with Gasteiger partial charge in [-0.2, -0.15) is 0 Å². The van der Waals surface area contributed by atoms with E-state index in [1.807, 2.05) is 30.9 Å². The molecule has 2 aliphatic heterocycles. The molecule has 0 amide bonds. The van der Waals surface area contributed by atoms with Crippen LogP contribution in [0.1, 0.15) is 18.4 Å². The van der Waals surface area contributed by atoms with Crippen LogP contribution in [0.2, 0.25) is 0 Å². The Morgan fingerprint density at radius 1 is 1.00 bits per heavy atom. The van der Waals surface area contributed by atoms with E-state index < -0.39 is 0 Å². The molecule has 2 aromatic heterocycles. The lowest BCUT2D eigenvalue weighted by Gasteiger charge is -2.50. The third kappa shape index (κ3) is 2.27. The van der Waals surface area contributed by atoms with Gasteiger partial charge in [0, 0.05) is 51.0 Å². The van der Waals surface area contributed by atoms with E-state index in [2.05, 4.69) is 36.9 Å². The van der Waals surface area contributed by atoms with Crippen LogP contribution < -0.4 is 4.90 Å². The highest BCUT2D eigenvalue weighted by molar-refractivity contribution is 5.41. The van der Waals surface area contributed by atoms with Crippen molar-refractivity contribution in [2.24, 2.45) is 0 Å². The van der Waals surface area contributed by atoms with Crippen molar-refractivity contribution in [1.29, 1.82) is 0 Å². The Morgan fingerprint density at radius 3 is 2.48 bits per heavy atom. The Bertz CT molecular complexity index is 603. The molecule has 1 atom stereocenters. The Labute approximate surface area is 124 Å². The predicted molar refractivity (Wildman–Crippen MR) is 80.9 cm³/mol. The van der Waals surface area contributed by atoms with Crippen molar-refractivity contribution >= 4 is 5.95 Å². The molecule has 5 nitrogen and oxygen atoms in total. The van der Waals surface area contributed by atoms with Gasteiger partial charge in [0.05, 0.1) is 5.54 Å². The van der Waals surface area contributed by atoms with Crippen molar-refractivity contribution in [3.63, 3.8) is 0 Å². The Balaban J connectivity index is 1.46. The zero-order valence-electron chi connectivity index (χ0n) is 12.0. The standard InChI is InChI=1S/C16H19N5/c1-6-18-15(19-7-1)21-11-5-16(21)4-10-20(13-16)12-14-2-8-17-9-3-14/h1-3,6-9H,4-5,10-13H2. The van der Waals surface area contributed by atoms with Crippen molar-refractivity contribution in [2.45, 2.75) is 24.9 Å². The molecule has 0 aromatic carbocycles. The number of hydrogen-bond acceptors (Lipinski definition) is 5. The van der Waals surface area contributed by atoms with Gasteiger partial charge in [0.1, 0.15) is 0 Å². The van der Waals surface area contributed by atoms with Crippen LogP contribution in [0.15, 0.2) is 43.0 Å². The van der Waals surface area contributed by atoms with Crippen molar-refractivity contribution in [3.8, 4) is 0 Å². The van der Waals surface area contributed by atoms with Crippen molar-refractivity contribution in [2.75, 3.05) is 24.5 Å². The zero-order valence-corrected chi connectivity index (χ0v) is 12.0. The summed E-state index contributed by atoms with van der Waals surface area (Å²) in [5, 5.41) is 0. The molecule has 2 aromatic rings. The minimum Gasteiger partial charge on any atom is -0.334 e. The van der Waals surface area contributed by atoms with Crippen LogP contribution >= 0.6 is 0 Å². The maximum Gasteiger partial charge on any atom is 0.225 e. The fourth-order valence-corrected chi connectivity index (χ4v) is 3.53. The van der Waals surface area contributed by atoms with Gasteiger partial charge in [0.25, 0.3) is 0 Å². The number of anilines is 1. The second kappa shape index (κ2) is 5.07. The predicted octanol–water partition coefficient (Wildman–Crippen LogP) is 1.73. The molecule has 21 heavy (non-hydrogen) atoms. The molecule has 0 radical (unpaired) electrons. The Hall–Kier alpha value is -2.01. The summed E-state index contributed by atoms with van der Waals surface area (Å²) in [5.74, 6) is 0.884. The number of rotatable bonds is 3. The largest absolute Gasteiger partial charge is 0.334 e. The minimum absolute atomic E-state index is 0.258. The quantitative estimate of drug-likeness (QED) is 0.857. The van der Waals surface area contributed by atoms with Crippen LogP contribution in [-0.2, 0) is 6.54 Å². The normalized spacial score (nSPS) is 25.2. The monoisotopic (exact) mass is 281 g/mol. The fraction of sp³-hybridized carbons (Fsp3) is 0.438. The van der Waals surface area contributed by atoms with Crippen LogP contribution in [0.25, 0.3) is 0 Å². The topological polar surface area (TPSA) is 45.2 Å². The number of aromatic nitrogens is 3. The van der Waals surface area contributed by atoms with Crippen molar-refractivity contribution in [3.05, 3.63) is 48.5 Å². The molecule has 0 saturated carbocycles. The van der Waals surface area contributed by atoms with Crippen LogP contribution in [0.3, 0.4) is 0 Å². The van der Waals surface area contributed by atoms with E-state index >= 15 is 0 Å². The zero-order chi connectivity index (χ0) is 14.1. The molecule has 5 heteroatoms. The molecule has 1 spiro atoms. The average molecular weight is 281 g/mol. The molecule has 2 fully saturated rings. The first-order valence-electron chi connectivity index (χ1n) is 7.52. The molecule has 0 aliphatic carbocycles. The highest BCUT2D eigenvalue weighted by atomic mass is 15.4. The molecule has 2 aliphatic rings. The Kier molecular flexibility index (Phi) is 3.07. The van der Waals surface area contributed by atoms with Crippen molar-refractivity contribution < 1.29 is 0 Å². The van der Waals surface area contributed by atoms with E-state index in [4.69, 9.17) is 0 Å². The third-order valence-electron chi connectivity index (χ3n) is 4.73. The summed E-state index contributed by atoms with van der Waals surface area (Å²) in [6.45, 7) is 4.33. The summed E-state index contributed by atoms with van der Waals surface area (Å²) >= 11 is 0. The van der Waals surface area contributed by atoms with E-state index in [1.54, 1.807) is 0 Å². The van der Waals surface area contributed by atoms with Crippen molar-refractivity contribution in [1.82, 2.24) is 19.9 Å². The van der Waals surface area contributed by atoms with E-state index in [1.165, 1.54) is 18.4 Å². The lowest BCUT2D eigenvalue weighted by atomic mass is 9.84. The molecule has 1 unspecified atom stereocenters. The minimum atomic E-state index is 0.258. The number of nitrogens with zero attached hydrogens (tertiary/aromatic N) is 5. The number of hydrogen-bond donors (Lipinski definition) is 0. The summed E-state index contributed by atoms with van der Waals surface area (Å²) in [4.78, 5) is 17.8. The number of likely N-dealkylation sites (tertiary alicyclic amines) is 1. The van der Waals surface area contributed by atoms with Gasteiger partial charge < -0.3 is 4.90 Å². The second-order valence-electron chi connectivity index (χ2n) is 5.99. The van der Waals surface area contributed by atoms with Crippen LogP contribution in [0.5, 0.6) is 0 Å². The maximum absolute atomic E-state index is 4.42. The third-order valence-corrected chi connectivity index (χ3v) is 4.73. The van der Waals surface area contributed by atoms with Gasteiger partial charge >= 0.3 is 0 Å². The SMILES string of the molecule is c1cnc(N2CCC23CCN(Cc2ccncc2)C3)nc1. The highest BCUT2D eigenvalue weighted by Gasteiger charge is 2.50. The molecule has 4 rings (SSSR count). The van der Waals surface area contributed by atoms with E-state index in [-0.39, 0.29) is 5.54 Å². The summed E-state index contributed by atoms with van der Waals surface area (Å²) < 4.78 is 0. The summed E-state index contributed by atoms with van der Waals surface area (Å²) in [7, 11) is 0. The molecule has 4 heterocycles. The maximum atomic E-state index is 4.42. The molecule has 0 bridgehead atoms. The van der Waals surface area contributed by atoms with Gasteiger partial charge in [-0.15, -0.1) is 0 Å². The van der Waals surface area contributed by atoms with Gasteiger partial charge in [0.2, 0.25) is 5.95 Å². The van der Waals surface area contributed by atoms with Crippen LogP contribution in [0.4, 0.5) is 5.95 Å². The van der Waals surface area contributed by atoms with Gasteiger partial charge in [-0.1, -0.05) is 0 Å². The van der Waals surface area contributed by atoms with E-state index in [9.17, 15) is 0 Å². The molecule has 2 saturated heterocycles. The average Bonchev–Trinajstić information content (AvgIpc) is 2.95. The van der Waals surface area contributed by atoms with Gasteiger partial charge in [-0.25, -0.2) is 9.97 Å². The molecule has 108 valence electrons. The smallest absolute Gasteiger partial charge is 0.225 e. The van der Waals surface area contributed by atoms with E-state index in [0.717, 1.165) is 32.1 Å². The molecular weight excluding hydrogens is 262 g/mol. The lowest BCUT2D eigenvalue weighted by molar-refractivity contribution is 0.243. The van der Waals surface area contributed by atoms with Gasteiger partial charge in [-0.3, -0.25) is 9.88 Å². The van der Waals surface area contributed by atoms with Gasteiger partial charge in [-0.05, 0) is 36.6 Å². The summed E-state index contributed by atoms with van der Waals surface area (Å²) in [6, 6.07) is 6.08. The van der Waals surface area contributed by atoms with Crippen LogP contribution in [0, 0.1) is 0 Å². The molecule has 0 N–H and O–H groups in total. The highest BCUT2D eigenvalue weighted by Crippen LogP contribution is 2.41. The second-order valence-corrected chi connectivity index (χ2v) is 5.99. The summed E-state index contributed by atoms with van der Waals surface area (Å²) in [6.07, 6.45) is 9.85. The Morgan fingerprint density at radius 2 is 1.76 bits per heavy atom. The first kappa shape index (κ1) is 12.7. The van der Waals surface area contributed by atoms with Gasteiger partial charge in [0.15, 0.2) is 0 Å². The summed E-state index contributed by atoms with van der Waals surface area (Å²) in [5.41, 5.74) is 1.60. The first-order valence-corrected chi connectivity index (χ1v) is 7.52. The van der Waals surface area contributed by atoms with E-state index in [0.29, 0.717) is 0 Å². The first-order chi connectivity index (χ1) is 10.4. The molecular formula is C16H19N5.